The number of carbonyl (C=O) groups is 1. The van der Waals surface area contributed by atoms with Crippen molar-refractivity contribution in [1.29, 1.82) is 0 Å². The number of nitrogens with one attached hydrogen (secondary N) is 1. The minimum atomic E-state index is -3.55. The summed E-state index contributed by atoms with van der Waals surface area (Å²) < 4.78 is 42.4. The van der Waals surface area contributed by atoms with Crippen LogP contribution in [0.25, 0.3) is 6.08 Å². The third kappa shape index (κ3) is 4.42. The summed E-state index contributed by atoms with van der Waals surface area (Å²) >= 11 is 0. The second-order valence-corrected chi connectivity index (χ2v) is 8.41. The molecule has 0 saturated carbocycles. The van der Waals surface area contributed by atoms with Gasteiger partial charge in [0.25, 0.3) is 0 Å². The lowest BCUT2D eigenvalue weighted by Crippen LogP contribution is -2.40. The Bertz CT molecular complexity index is 1030. The smallest absolute Gasteiger partial charge is 0.248 e. The van der Waals surface area contributed by atoms with Gasteiger partial charge in [-0.05, 0) is 48.0 Å². The number of carbonyl (C=O) groups excluding carboxylic acids is 1. The topological polar surface area (TPSA) is 94.2 Å². The number of fused-ring (bicyclic) bond motifs is 1. The number of nitrogens with zero attached hydrogens (tertiary/aromatic N) is 1. The van der Waals surface area contributed by atoms with Gasteiger partial charge >= 0.3 is 0 Å². The van der Waals surface area contributed by atoms with Crippen LogP contribution in [0, 0.1) is 0 Å². The number of sulfonamides is 1. The molecular weight excluding hydrogens is 396 g/mol. The van der Waals surface area contributed by atoms with E-state index in [-0.39, 0.29) is 17.6 Å². The lowest BCUT2D eigenvalue weighted by molar-refractivity contribution is -0.111. The Balaban J connectivity index is 1.38. The average Bonchev–Trinajstić information content (AvgIpc) is 3.21. The largest absolute Gasteiger partial charge is 0.454 e. The van der Waals surface area contributed by atoms with Gasteiger partial charge in [0.15, 0.2) is 11.5 Å². The first-order valence-corrected chi connectivity index (χ1v) is 10.5. The minimum absolute atomic E-state index is 0.188. The van der Waals surface area contributed by atoms with Crippen molar-refractivity contribution in [2.45, 2.75) is 4.90 Å². The molecule has 9 heteroatoms. The van der Waals surface area contributed by atoms with E-state index in [9.17, 15) is 13.2 Å². The Morgan fingerprint density at radius 1 is 1.00 bits per heavy atom. The first-order chi connectivity index (χ1) is 14.0. The molecule has 0 bridgehead atoms. The standard InChI is InChI=1S/C20H20N2O6S/c23-20(8-2-15-1-7-18-19(13-15)28-14-27-18)21-16-3-5-17(6-4-16)29(24,25)22-9-11-26-12-10-22/h1-8,13H,9-12,14H2,(H,21,23). The quantitative estimate of drug-likeness (QED) is 0.750. The molecule has 0 spiro atoms. The molecule has 8 nitrogen and oxygen atoms in total. The normalized spacial score (nSPS) is 16.8. The Morgan fingerprint density at radius 3 is 2.48 bits per heavy atom. The molecule has 0 aliphatic carbocycles. The summed E-state index contributed by atoms with van der Waals surface area (Å²) in [6.07, 6.45) is 3.06. The summed E-state index contributed by atoms with van der Waals surface area (Å²) in [4.78, 5) is 12.3. The van der Waals surface area contributed by atoms with Crippen molar-refractivity contribution in [2.75, 3.05) is 38.4 Å². The van der Waals surface area contributed by atoms with Crippen molar-refractivity contribution in [1.82, 2.24) is 4.31 Å². The summed E-state index contributed by atoms with van der Waals surface area (Å²) in [5, 5.41) is 2.71. The van der Waals surface area contributed by atoms with E-state index in [1.807, 2.05) is 6.07 Å². The maximum atomic E-state index is 12.6. The van der Waals surface area contributed by atoms with E-state index in [0.29, 0.717) is 43.5 Å². The molecule has 1 saturated heterocycles. The van der Waals surface area contributed by atoms with Crippen LogP contribution >= 0.6 is 0 Å². The van der Waals surface area contributed by atoms with Gasteiger partial charge in [0.2, 0.25) is 22.7 Å². The lowest BCUT2D eigenvalue weighted by Gasteiger charge is -2.26. The molecule has 2 heterocycles. The van der Waals surface area contributed by atoms with Gasteiger partial charge in [-0.1, -0.05) is 6.07 Å². The highest BCUT2D eigenvalue weighted by Gasteiger charge is 2.26. The molecule has 0 atom stereocenters. The summed E-state index contributed by atoms with van der Waals surface area (Å²) in [7, 11) is -3.55. The highest BCUT2D eigenvalue weighted by molar-refractivity contribution is 7.89. The van der Waals surface area contributed by atoms with Crippen molar-refractivity contribution >= 4 is 27.7 Å². The maximum Gasteiger partial charge on any atom is 0.248 e. The first kappa shape index (κ1) is 19.4. The van der Waals surface area contributed by atoms with Crippen LogP contribution in [-0.4, -0.2) is 51.7 Å². The van der Waals surface area contributed by atoms with E-state index in [4.69, 9.17) is 14.2 Å². The van der Waals surface area contributed by atoms with E-state index in [0.717, 1.165) is 5.56 Å². The molecule has 0 unspecified atom stereocenters. The summed E-state index contributed by atoms with van der Waals surface area (Å²) in [6, 6.07) is 11.5. The lowest BCUT2D eigenvalue weighted by atomic mass is 10.2. The predicted molar refractivity (Wildman–Crippen MR) is 106 cm³/mol. The highest BCUT2D eigenvalue weighted by atomic mass is 32.2. The number of hydrogen-bond donors (Lipinski definition) is 1. The summed E-state index contributed by atoms with van der Waals surface area (Å²) in [5.74, 6) is 0.995. The number of benzene rings is 2. The van der Waals surface area contributed by atoms with E-state index >= 15 is 0 Å². The van der Waals surface area contributed by atoms with E-state index in [2.05, 4.69) is 5.32 Å². The molecule has 1 fully saturated rings. The van der Waals surface area contributed by atoms with Crippen LogP contribution in [0.3, 0.4) is 0 Å². The van der Waals surface area contributed by atoms with Gasteiger partial charge in [0.05, 0.1) is 18.1 Å². The van der Waals surface area contributed by atoms with Crippen LogP contribution in [0.2, 0.25) is 0 Å². The van der Waals surface area contributed by atoms with Gasteiger partial charge in [-0.3, -0.25) is 4.79 Å². The van der Waals surface area contributed by atoms with Crippen LogP contribution in [0.5, 0.6) is 11.5 Å². The molecule has 1 amide bonds. The minimum Gasteiger partial charge on any atom is -0.454 e. The van der Waals surface area contributed by atoms with Gasteiger partial charge in [-0.2, -0.15) is 4.31 Å². The second kappa shape index (κ2) is 8.24. The third-order valence-electron chi connectivity index (χ3n) is 4.55. The van der Waals surface area contributed by atoms with Gasteiger partial charge < -0.3 is 19.5 Å². The molecule has 29 heavy (non-hydrogen) atoms. The molecular formula is C20H20N2O6S. The summed E-state index contributed by atoms with van der Waals surface area (Å²) in [6.45, 7) is 1.66. The Kier molecular flexibility index (Phi) is 5.52. The number of morpholine rings is 1. The molecule has 4 rings (SSSR count). The number of anilines is 1. The molecule has 1 N–H and O–H groups in total. The van der Waals surface area contributed by atoms with Crippen LogP contribution in [0.1, 0.15) is 5.56 Å². The van der Waals surface area contributed by atoms with Gasteiger partial charge in [0.1, 0.15) is 0 Å². The summed E-state index contributed by atoms with van der Waals surface area (Å²) in [5.41, 5.74) is 1.31. The van der Waals surface area contributed by atoms with Crippen LogP contribution in [-0.2, 0) is 19.6 Å². The van der Waals surface area contributed by atoms with Crippen molar-refractivity contribution in [3.63, 3.8) is 0 Å². The molecule has 2 aliphatic heterocycles. The van der Waals surface area contributed by atoms with Gasteiger partial charge in [-0.25, -0.2) is 8.42 Å². The molecule has 0 aromatic heterocycles. The van der Waals surface area contributed by atoms with Gasteiger partial charge in [-0.15, -0.1) is 0 Å². The number of ether oxygens (including phenoxy) is 3. The predicted octanol–water partition coefficient (Wildman–Crippen LogP) is 2.09. The Morgan fingerprint density at radius 2 is 1.72 bits per heavy atom. The molecule has 2 aromatic carbocycles. The maximum absolute atomic E-state index is 12.6. The zero-order valence-electron chi connectivity index (χ0n) is 15.5. The van der Waals surface area contributed by atoms with Crippen LogP contribution in [0.15, 0.2) is 53.4 Å². The molecule has 2 aromatic rings. The number of hydrogen-bond acceptors (Lipinski definition) is 6. The van der Waals surface area contributed by atoms with Crippen LogP contribution < -0.4 is 14.8 Å². The second-order valence-electron chi connectivity index (χ2n) is 6.48. The fourth-order valence-electron chi connectivity index (χ4n) is 3.02. The van der Waals surface area contributed by atoms with Gasteiger partial charge in [0, 0.05) is 24.9 Å². The molecule has 152 valence electrons. The van der Waals surface area contributed by atoms with E-state index in [1.54, 1.807) is 30.3 Å². The van der Waals surface area contributed by atoms with E-state index in [1.165, 1.54) is 22.5 Å². The number of rotatable bonds is 5. The Hall–Kier alpha value is -2.88. The Labute approximate surface area is 168 Å². The van der Waals surface area contributed by atoms with Crippen molar-refractivity contribution in [3.05, 3.63) is 54.1 Å². The monoisotopic (exact) mass is 416 g/mol. The fourth-order valence-corrected chi connectivity index (χ4v) is 4.43. The van der Waals surface area contributed by atoms with Crippen molar-refractivity contribution in [2.24, 2.45) is 0 Å². The zero-order valence-corrected chi connectivity index (χ0v) is 16.4. The van der Waals surface area contributed by atoms with Crippen molar-refractivity contribution < 1.29 is 27.4 Å². The molecule has 2 aliphatic rings. The molecule has 0 radical (unpaired) electrons. The first-order valence-electron chi connectivity index (χ1n) is 9.09. The van der Waals surface area contributed by atoms with Crippen LogP contribution in [0.4, 0.5) is 5.69 Å². The fraction of sp³-hybridized carbons (Fsp3) is 0.250. The highest BCUT2D eigenvalue weighted by Crippen LogP contribution is 2.32. The van der Waals surface area contributed by atoms with E-state index < -0.39 is 10.0 Å². The SMILES string of the molecule is O=C(C=Cc1ccc2c(c1)OCO2)Nc1ccc(S(=O)(=O)N2CCOCC2)cc1. The number of amides is 1. The third-order valence-corrected chi connectivity index (χ3v) is 6.47. The average molecular weight is 416 g/mol. The zero-order chi connectivity index (χ0) is 20.3. The van der Waals surface area contributed by atoms with Crippen molar-refractivity contribution in [3.8, 4) is 11.5 Å².